The van der Waals surface area contributed by atoms with Crippen LogP contribution >= 0.6 is 11.3 Å². The highest BCUT2D eigenvalue weighted by molar-refractivity contribution is 7.09. The Bertz CT molecular complexity index is 280. The molecule has 1 aromatic rings. The van der Waals surface area contributed by atoms with Gasteiger partial charge in [-0.3, -0.25) is 4.79 Å². The van der Waals surface area contributed by atoms with Crippen molar-refractivity contribution in [1.82, 2.24) is 10.3 Å². The zero-order valence-corrected chi connectivity index (χ0v) is 8.23. The van der Waals surface area contributed by atoms with E-state index in [1.165, 1.54) is 11.3 Å². The van der Waals surface area contributed by atoms with Crippen molar-refractivity contribution in [2.45, 2.75) is 26.8 Å². The average molecular weight is 184 g/mol. The number of rotatable bonds is 2. The molecule has 0 aliphatic heterocycles. The van der Waals surface area contributed by atoms with Gasteiger partial charge in [-0.1, -0.05) is 0 Å². The lowest BCUT2D eigenvalue weighted by molar-refractivity contribution is 0.0938. The molecule has 1 amide bonds. The summed E-state index contributed by atoms with van der Waals surface area (Å²) in [5.74, 6) is -0.0886. The van der Waals surface area contributed by atoms with Crippen molar-refractivity contribution in [1.29, 1.82) is 0 Å². The third-order valence-corrected chi connectivity index (χ3v) is 2.04. The van der Waals surface area contributed by atoms with Crippen LogP contribution < -0.4 is 5.32 Å². The molecule has 0 bridgehead atoms. The Morgan fingerprint density at radius 3 is 2.75 bits per heavy atom. The number of carbonyl (C=O) groups excluding carboxylic acids is 1. The number of hydrogen-bond donors (Lipinski definition) is 1. The maximum Gasteiger partial charge on any atom is 0.270 e. The number of nitrogens with one attached hydrogen (secondary N) is 1. The minimum atomic E-state index is -0.0886. The number of hydrogen-bond acceptors (Lipinski definition) is 3. The number of carbonyl (C=O) groups is 1. The molecule has 12 heavy (non-hydrogen) atoms. The summed E-state index contributed by atoms with van der Waals surface area (Å²) in [5, 5.41) is 5.47. The van der Waals surface area contributed by atoms with E-state index in [-0.39, 0.29) is 11.9 Å². The van der Waals surface area contributed by atoms with Gasteiger partial charge in [0.15, 0.2) is 0 Å². The van der Waals surface area contributed by atoms with Crippen LogP contribution in [0.2, 0.25) is 0 Å². The Kier molecular flexibility index (Phi) is 2.81. The molecule has 1 aromatic heterocycles. The van der Waals surface area contributed by atoms with Gasteiger partial charge in [0.1, 0.15) is 5.69 Å². The Morgan fingerprint density at radius 1 is 1.67 bits per heavy atom. The summed E-state index contributed by atoms with van der Waals surface area (Å²) in [7, 11) is 0. The Labute approximate surface area is 75.8 Å². The van der Waals surface area contributed by atoms with E-state index in [1.54, 1.807) is 5.38 Å². The summed E-state index contributed by atoms with van der Waals surface area (Å²) in [6.45, 7) is 5.74. The summed E-state index contributed by atoms with van der Waals surface area (Å²) >= 11 is 1.49. The molecular weight excluding hydrogens is 172 g/mol. The fraction of sp³-hybridized carbons (Fsp3) is 0.500. The molecule has 1 heterocycles. The second kappa shape index (κ2) is 3.67. The van der Waals surface area contributed by atoms with Crippen molar-refractivity contribution in [2.24, 2.45) is 0 Å². The molecule has 0 unspecified atom stereocenters. The highest BCUT2D eigenvalue weighted by Gasteiger charge is 2.09. The van der Waals surface area contributed by atoms with E-state index >= 15 is 0 Å². The molecule has 4 heteroatoms. The van der Waals surface area contributed by atoms with Crippen LogP contribution in [0.5, 0.6) is 0 Å². The van der Waals surface area contributed by atoms with Crippen molar-refractivity contribution < 1.29 is 4.79 Å². The second-order valence-electron chi connectivity index (χ2n) is 2.88. The molecule has 0 saturated heterocycles. The molecule has 1 rings (SSSR count). The van der Waals surface area contributed by atoms with Gasteiger partial charge < -0.3 is 5.32 Å². The molecule has 0 spiro atoms. The van der Waals surface area contributed by atoms with Crippen LogP contribution in [0.1, 0.15) is 29.3 Å². The molecule has 0 atom stereocenters. The quantitative estimate of drug-likeness (QED) is 0.758. The van der Waals surface area contributed by atoms with Crippen LogP contribution in [0.3, 0.4) is 0 Å². The van der Waals surface area contributed by atoms with Crippen molar-refractivity contribution >= 4 is 17.2 Å². The van der Waals surface area contributed by atoms with Gasteiger partial charge in [0.25, 0.3) is 5.91 Å². The van der Waals surface area contributed by atoms with Crippen LogP contribution in [0.15, 0.2) is 5.38 Å². The summed E-state index contributed by atoms with van der Waals surface area (Å²) < 4.78 is 0. The Balaban J connectivity index is 2.65. The molecule has 66 valence electrons. The number of amides is 1. The molecular formula is C8H12N2OS. The van der Waals surface area contributed by atoms with E-state index in [0.29, 0.717) is 5.69 Å². The predicted octanol–water partition coefficient (Wildman–Crippen LogP) is 1.59. The highest BCUT2D eigenvalue weighted by Crippen LogP contribution is 2.07. The van der Waals surface area contributed by atoms with Gasteiger partial charge in [-0.25, -0.2) is 4.98 Å². The zero-order valence-electron chi connectivity index (χ0n) is 7.42. The lowest BCUT2D eigenvalue weighted by Gasteiger charge is -2.04. The molecule has 0 radical (unpaired) electrons. The van der Waals surface area contributed by atoms with E-state index in [9.17, 15) is 4.79 Å². The normalized spacial score (nSPS) is 10.3. The van der Waals surface area contributed by atoms with Crippen molar-refractivity contribution in [3.8, 4) is 0 Å². The first-order valence-electron chi connectivity index (χ1n) is 3.82. The van der Waals surface area contributed by atoms with Gasteiger partial charge >= 0.3 is 0 Å². The number of nitrogens with zero attached hydrogens (tertiary/aromatic N) is 1. The van der Waals surface area contributed by atoms with E-state index in [4.69, 9.17) is 0 Å². The largest absolute Gasteiger partial charge is 0.349 e. The topological polar surface area (TPSA) is 42.0 Å². The first kappa shape index (κ1) is 9.19. The number of aromatic nitrogens is 1. The molecule has 0 fully saturated rings. The second-order valence-corrected chi connectivity index (χ2v) is 3.94. The molecule has 0 aromatic carbocycles. The van der Waals surface area contributed by atoms with Gasteiger partial charge in [-0.2, -0.15) is 0 Å². The zero-order chi connectivity index (χ0) is 9.14. The maximum absolute atomic E-state index is 11.3. The number of thiazole rings is 1. The molecule has 1 N–H and O–H groups in total. The summed E-state index contributed by atoms with van der Waals surface area (Å²) in [4.78, 5) is 15.4. The predicted molar refractivity (Wildman–Crippen MR) is 49.5 cm³/mol. The third kappa shape index (κ3) is 2.30. The van der Waals surface area contributed by atoms with Crippen LogP contribution in [0.25, 0.3) is 0 Å². The van der Waals surface area contributed by atoms with E-state index in [1.807, 2.05) is 20.8 Å². The van der Waals surface area contributed by atoms with Gasteiger partial charge in [0.2, 0.25) is 0 Å². The molecule has 0 aliphatic rings. The third-order valence-electron chi connectivity index (χ3n) is 1.27. The van der Waals surface area contributed by atoms with E-state index in [0.717, 1.165) is 5.01 Å². The van der Waals surface area contributed by atoms with Gasteiger partial charge in [0, 0.05) is 11.4 Å². The van der Waals surface area contributed by atoms with Crippen LogP contribution in [0.4, 0.5) is 0 Å². The van der Waals surface area contributed by atoms with Crippen LogP contribution in [-0.2, 0) is 0 Å². The standard InChI is InChI=1S/C8H12N2OS/c1-5(2)9-8(11)7-4-12-6(3)10-7/h4-5H,1-3H3,(H,9,11). The molecule has 0 saturated carbocycles. The lowest BCUT2D eigenvalue weighted by atomic mass is 10.3. The van der Waals surface area contributed by atoms with Crippen LogP contribution in [-0.4, -0.2) is 16.9 Å². The van der Waals surface area contributed by atoms with E-state index < -0.39 is 0 Å². The highest BCUT2D eigenvalue weighted by atomic mass is 32.1. The first-order chi connectivity index (χ1) is 5.59. The molecule has 3 nitrogen and oxygen atoms in total. The van der Waals surface area contributed by atoms with Gasteiger partial charge in [-0.15, -0.1) is 11.3 Å². The minimum Gasteiger partial charge on any atom is -0.349 e. The van der Waals surface area contributed by atoms with Crippen molar-refractivity contribution in [3.05, 3.63) is 16.1 Å². The minimum absolute atomic E-state index is 0.0886. The van der Waals surface area contributed by atoms with Gasteiger partial charge in [0.05, 0.1) is 5.01 Å². The molecule has 0 aliphatic carbocycles. The van der Waals surface area contributed by atoms with Crippen molar-refractivity contribution in [3.63, 3.8) is 0 Å². The summed E-state index contributed by atoms with van der Waals surface area (Å²) in [6.07, 6.45) is 0. The number of aryl methyl sites for hydroxylation is 1. The summed E-state index contributed by atoms with van der Waals surface area (Å²) in [5.41, 5.74) is 0.520. The Hall–Kier alpha value is -0.900. The lowest BCUT2D eigenvalue weighted by Crippen LogP contribution is -2.30. The van der Waals surface area contributed by atoms with Crippen LogP contribution in [0, 0.1) is 6.92 Å². The summed E-state index contributed by atoms with van der Waals surface area (Å²) in [6, 6.07) is 0.166. The van der Waals surface area contributed by atoms with Crippen molar-refractivity contribution in [2.75, 3.05) is 0 Å². The first-order valence-corrected chi connectivity index (χ1v) is 4.70. The van der Waals surface area contributed by atoms with E-state index in [2.05, 4.69) is 10.3 Å². The monoisotopic (exact) mass is 184 g/mol. The smallest absolute Gasteiger partial charge is 0.270 e. The fourth-order valence-electron chi connectivity index (χ4n) is 0.804. The fourth-order valence-corrected chi connectivity index (χ4v) is 1.40. The maximum atomic E-state index is 11.3. The van der Waals surface area contributed by atoms with Gasteiger partial charge in [-0.05, 0) is 20.8 Å². The average Bonchev–Trinajstić information content (AvgIpc) is 2.34. The SMILES string of the molecule is Cc1nc(C(=O)NC(C)C)cs1. The Morgan fingerprint density at radius 2 is 2.33 bits per heavy atom.